The first kappa shape index (κ1) is 10.4. The quantitative estimate of drug-likeness (QED) is 0.766. The second-order valence-corrected chi connectivity index (χ2v) is 4.03. The summed E-state index contributed by atoms with van der Waals surface area (Å²) in [6, 6.07) is 0.489. The van der Waals surface area contributed by atoms with Gasteiger partial charge in [-0.05, 0) is 26.3 Å². The van der Waals surface area contributed by atoms with Gasteiger partial charge in [0.2, 0.25) is 0 Å². The largest absolute Gasteiger partial charge is 0.365 e. The molecule has 0 aliphatic carbocycles. The zero-order valence-electron chi connectivity index (χ0n) is 9.16. The van der Waals surface area contributed by atoms with Gasteiger partial charge >= 0.3 is 0 Å². The Morgan fingerprint density at radius 3 is 3.07 bits per heavy atom. The van der Waals surface area contributed by atoms with Crippen LogP contribution < -0.4 is 10.6 Å². The number of nitrogens with zero attached hydrogens (tertiary/aromatic N) is 2. The average Bonchev–Trinajstić information content (AvgIpc) is 2.50. The molecule has 0 amide bonds. The van der Waals surface area contributed by atoms with Crippen molar-refractivity contribution in [3.63, 3.8) is 0 Å². The summed E-state index contributed by atoms with van der Waals surface area (Å²) in [6.45, 7) is 4.15. The third-order valence-corrected chi connectivity index (χ3v) is 2.77. The van der Waals surface area contributed by atoms with Gasteiger partial charge in [0, 0.05) is 25.0 Å². The topological polar surface area (TPSA) is 49.8 Å². The fourth-order valence-corrected chi connectivity index (χ4v) is 1.88. The van der Waals surface area contributed by atoms with E-state index in [1.54, 1.807) is 12.4 Å². The number of aromatic nitrogens is 2. The highest BCUT2D eigenvalue weighted by Gasteiger charge is 2.12. The molecule has 1 saturated heterocycles. The van der Waals surface area contributed by atoms with E-state index < -0.39 is 0 Å². The summed E-state index contributed by atoms with van der Waals surface area (Å²) < 4.78 is 0. The van der Waals surface area contributed by atoms with E-state index in [9.17, 15) is 0 Å². The molecule has 1 aliphatic heterocycles. The maximum atomic E-state index is 4.30. The van der Waals surface area contributed by atoms with Gasteiger partial charge in [-0.2, -0.15) is 0 Å². The molecule has 2 rings (SSSR count). The first-order chi connectivity index (χ1) is 7.36. The van der Waals surface area contributed by atoms with Crippen LogP contribution in [0, 0.1) is 6.92 Å². The van der Waals surface area contributed by atoms with Gasteiger partial charge in [-0.3, -0.25) is 4.98 Å². The van der Waals surface area contributed by atoms with Crippen molar-refractivity contribution in [2.24, 2.45) is 0 Å². The lowest BCUT2D eigenvalue weighted by Gasteiger charge is -2.17. The lowest BCUT2D eigenvalue weighted by atomic mass is 10.1. The van der Waals surface area contributed by atoms with Crippen molar-refractivity contribution in [1.82, 2.24) is 15.3 Å². The van der Waals surface area contributed by atoms with Crippen LogP contribution in [0.5, 0.6) is 0 Å². The molecule has 2 N–H and O–H groups in total. The Morgan fingerprint density at radius 1 is 1.33 bits per heavy atom. The number of anilines is 1. The Kier molecular flexibility index (Phi) is 3.50. The average molecular weight is 206 g/mol. The van der Waals surface area contributed by atoms with Gasteiger partial charge in [0.1, 0.15) is 5.82 Å². The summed E-state index contributed by atoms with van der Waals surface area (Å²) in [6.07, 6.45) is 7.23. The van der Waals surface area contributed by atoms with E-state index in [1.165, 1.54) is 19.3 Å². The third kappa shape index (κ3) is 2.89. The molecule has 1 atom stereocenters. The zero-order valence-corrected chi connectivity index (χ0v) is 9.16. The maximum Gasteiger partial charge on any atom is 0.147 e. The lowest BCUT2D eigenvalue weighted by Crippen LogP contribution is -2.31. The van der Waals surface area contributed by atoms with Gasteiger partial charge in [0.25, 0.3) is 0 Å². The van der Waals surface area contributed by atoms with E-state index in [2.05, 4.69) is 20.6 Å². The predicted molar refractivity (Wildman–Crippen MR) is 60.9 cm³/mol. The molecule has 0 bridgehead atoms. The molecule has 4 nitrogen and oxygen atoms in total. The molecule has 1 fully saturated rings. The van der Waals surface area contributed by atoms with Crippen LogP contribution in [-0.4, -0.2) is 29.1 Å². The van der Waals surface area contributed by atoms with Crippen molar-refractivity contribution >= 4 is 5.82 Å². The molecular formula is C11H18N4. The second kappa shape index (κ2) is 5.07. The van der Waals surface area contributed by atoms with Crippen LogP contribution in [-0.2, 0) is 0 Å². The van der Waals surface area contributed by atoms with Crippen molar-refractivity contribution < 1.29 is 0 Å². The van der Waals surface area contributed by atoms with E-state index in [0.717, 1.165) is 24.6 Å². The molecule has 2 heterocycles. The minimum absolute atomic E-state index is 0.489. The van der Waals surface area contributed by atoms with Crippen molar-refractivity contribution in [3.05, 3.63) is 18.1 Å². The predicted octanol–water partition coefficient (Wildman–Crippen LogP) is 1.34. The molecule has 0 spiro atoms. The Balaban J connectivity index is 1.98. The van der Waals surface area contributed by atoms with Crippen LogP contribution in [0.15, 0.2) is 12.4 Å². The fraction of sp³-hybridized carbons (Fsp3) is 0.636. The Hall–Kier alpha value is -1.16. The van der Waals surface area contributed by atoms with Crippen LogP contribution in [0.1, 0.15) is 25.0 Å². The van der Waals surface area contributed by atoms with Gasteiger partial charge < -0.3 is 10.6 Å². The van der Waals surface area contributed by atoms with Crippen LogP contribution in [0.4, 0.5) is 5.82 Å². The highest BCUT2D eigenvalue weighted by Crippen LogP contribution is 2.12. The number of hydrogen-bond donors (Lipinski definition) is 2. The van der Waals surface area contributed by atoms with Gasteiger partial charge in [-0.25, -0.2) is 4.98 Å². The third-order valence-electron chi connectivity index (χ3n) is 2.77. The maximum absolute atomic E-state index is 4.30. The molecule has 1 unspecified atom stereocenters. The summed E-state index contributed by atoms with van der Waals surface area (Å²) in [5.41, 5.74) is 0.974. The smallest absolute Gasteiger partial charge is 0.147 e. The number of nitrogens with one attached hydrogen (secondary N) is 2. The molecular weight excluding hydrogens is 188 g/mol. The molecule has 4 heteroatoms. The summed E-state index contributed by atoms with van der Waals surface area (Å²) in [5, 5.41) is 6.88. The first-order valence-electron chi connectivity index (χ1n) is 5.61. The van der Waals surface area contributed by atoms with E-state index in [1.807, 2.05) is 6.92 Å². The molecule has 1 aromatic heterocycles. The number of rotatable bonds is 2. The Morgan fingerprint density at radius 2 is 2.20 bits per heavy atom. The molecule has 82 valence electrons. The van der Waals surface area contributed by atoms with Crippen molar-refractivity contribution in [3.8, 4) is 0 Å². The second-order valence-electron chi connectivity index (χ2n) is 4.03. The van der Waals surface area contributed by atoms with Crippen LogP contribution in [0.25, 0.3) is 0 Å². The molecule has 1 aromatic rings. The molecule has 1 aliphatic rings. The minimum atomic E-state index is 0.489. The highest BCUT2D eigenvalue weighted by molar-refractivity contribution is 5.39. The fourth-order valence-electron chi connectivity index (χ4n) is 1.88. The van der Waals surface area contributed by atoms with Crippen LogP contribution >= 0.6 is 0 Å². The SMILES string of the molecule is Cc1nccnc1NC1CCCCNC1. The lowest BCUT2D eigenvalue weighted by molar-refractivity contribution is 0.632. The summed E-state index contributed by atoms with van der Waals surface area (Å²) >= 11 is 0. The van der Waals surface area contributed by atoms with Crippen LogP contribution in [0.3, 0.4) is 0 Å². The van der Waals surface area contributed by atoms with Crippen molar-refractivity contribution in [1.29, 1.82) is 0 Å². The zero-order chi connectivity index (χ0) is 10.5. The van der Waals surface area contributed by atoms with E-state index in [-0.39, 0.29) is 0 Å². The highest BCUT2D eigenvalue weighted by atomic mass is 15.1. The number of aryl methyl sites for hydroxylation is 1. The van der Waals surface area contributed by atoms with E-state index >= 15 is 0 Å². The first-order valence-corrected chi connectivity index (χ1v) is 5.61. The minimum Gasteiger partial charge on any atom is -0.365 e. The summed E-state index contributed by atoms with van der Waals surface area (Å²) in [4.78, 5) is 8.52. The molecule has 0 radical (unpaired) electrons. The van der Waals surface area contributed by atoms with E-state index in [0.29, 0.717) is 6.04 Å². The molecule has 15 heavy (non-hydrogen) atoms. The van der Waals surface area contributed by atoms with E-state index in [4.69, 9.17) is 0 Å². The van der Waals surface area contributed by atoms with Crippen molar-refractivity contribution in [2.75, 3.05) is 18.4 Å². The molecule has 0 aromatic carbocycles. The van der Waals surface area contributed by atoms with Crippen molar-refractivity contribution in [2.45, 2.75) is 32.2 Å². The van der Waals surface area contributed by atoms with Gasteiger partial charge in [0.05, 0.1) is 5.69 Å². The summed E-state index contributed by atoms with van der Waals surface area (Å²) in [5.74, 6) is 0.922. The number of hydrogen-bond acceptors (Lipinski definition) is 4. The molecule has 0 saturated carbocycles. The van der Waals surface area contributed by atoms with Gasteiger partial charge in [0.15, 0.2) is 0 Å². The van der Waals surface area contributed by atoms with Crippen LogP contribution in [0.2, 0.25) is 0 Å². The normalized spacial score (nSPS) is 22.1. The summed E-state index contributed by atoms with van der Waals surface area (Å²) in [7, 11) is 0. The standard InChI is InChI=1S/C11H18N4/c1-9-11(14-7-6-13-9)15-10-4-2-3-5-12-8-10/h6-7,10,12H,2-5,8H2,1H3,(H,14,15). The van der Waals surface area contributed by atoms with Gasteiger partial charge in [-0.1, -0.05) is 6.42 Å². The van der Waals surface area contributed by atoms with Gasteiger partial charge in [-0.15, -0.1) is 0 Å². The Labute approximate surface area is 90.5 Å². The Bertz CT molecular complexity index is 305. The monoisotopic (exact) mass is 206 g/mol.